The quantitative estimate of drug-likeness (QED) is 0.847. The van der Waals surface area contributed by atoms with E-state index in [1.54, 1.807) is 12.1 Å². The monoisotopic (exact) mass is 223 g/mol. The molecule has 1 unspecified atom stereocenters. The minimum Gasteiger partial charge on any atom is -0.480 e. The molecule has 86 valence electrons. The Kier molecular flexibility index (Phi) is 3.19. The third-order valence-electron chi connectivity index (χ3n) is 2.98. The Morgan fingerprint density at radius 1 is 1.50 bits per heavy atom. The molecule has 0 radical (unpaired) electrons. The molecule has 16 heavy (non-hydrogen) atoms. The van der Waals surface area contributed by atoms with Crippen molar-refractivity contribution in [2.75, 3.05) is 19.6 Å². The van der Waals surface area contributed by atoms with Crippen LogP contribution in [-0.2, 0) is 4.79 Å². The van der Waals surface area contributed by atoms with Gasteiger partial charge in [0, 0.05) is 12.5 Å². The van der Waals surface area contributed by atoms with Gasteiger partial charge in [-0.3, -0.25) is 9.69 Å². The van der Waals surface area contributed by atoms with Crippen LogP contribution in [0.1, 0.15) is 17.9 Å². The van der Waals surface area contributed by atoms with E-state index in [0.29, 0.717) is 12.1 Å². The normalized spacial score (nSPS) is 21.2. The van der Waals surface area contributed by atoms with Gasteiger partial charge in [0.1, 0.15) is 5.82 Å². The summed E-state index contributed by atoms with van der Waals surface area (Å²) < 4.78 is 13.5. The Bertz CT molecular complexity index is 394. The lowest BCUT2D eigenvalue weighted by atomic mass is 9.98. The number of nitrogens with zero attached hydrogens (tertiary/aromatic N) is 1. The first-order chi connectivity index (χ1) is 7.66. The van der Waals surface area contributed by atoms with Gasteiger partial charge in [-0.25, -0.2) is 4.39 Å². The Morgan fingerprint density at radius 3 is 2.94 bits per heavy atom. The predicted octanol–water partition coefficient (Wildman–Crippen LogP) is 1.70. The third-order valence-corrected chi connectivity index (χ3v) is 2.98. The Hall–Kier alpha value is -1.42. The predicted molar refractivity (Wildman–Crippen MR) is 57.8 cm³/mol. The van der Waals surface area contributed by atoms with Crippen LogP contribution in [0.4, 0.5) is 4.39 Å². The summed E-state index contributed by atoms with van der Waals surface area (Å²) in [5.41, 5.74) is 0.704. The minimum atomic E-state index is -0.825. The zero-order valence-corrected chi connectivity index (χ0v) is 8.90. The number of aliphatic carboxylic acids is 1. The van der Waals surface area contributed by atoms with E-state index in [0.717, 1.165) is 13.0 Å². The maximum Gasteiger partial charge on any atom is 0.317 e. The summed E-state index contributed by atoms with van der Waals surface area (Å²) in [6.45, 7) is 1.41. The van der Waals surface area contributed by atoms with Crippen LogP contribution in [0.2, 0.25) is 0 Å². The molecule has 1 aromatic carbocycles. The molecule has 1 N–H and O–H groups in total. The molecular formula is C12H14FNO2. The van der Waals surface area contributed by atoms with Crippen molar-refractivity contribution in [3.05, 3.63) is 35.6 Å². The van der Waals surface area contributed by atoms with E-state index in [9.17, 15) is 9.18 Å². The molecule has 1 aliphatic rings. The van der Waals surface area contributed by atoms with Crippen molar-refractivity contribution in [1.82, 2.24) is 4.90 Å². The zero-order valence-electron chi connectivity index (χ0n) is 8.90. The molecule has 4 heteroatoms. The number of rotatable bonds is 3. The van der Waals surface area contributed by atoms with E-state index in [1.807, 2.05) is 11.0 Å². The molecule has 0 aromatic heterocycles. The lowest BCUT2D eigenvalue weighted by Gasteiger charge is -2.13. The molecule has 2 rings (SSSR count). The molecule has 1 fully saturated rings. The van der Waals surface area contributed by atoms with Crippen LogP contribution >= 0.6 is 0 Å². The maximum absolute atomic E-state index is 13.5. The van der Waals surface area contributed by atoms with Gasteiger partial charge in [-0.1, -0.05) is 18.2 Å². The summed E-state index contributed by atoms with van der Waals surface area (Å²) in [6, 6.07) is 6.72. The largest absolute Gasteiger partial charge is 0.480 e. The first kappa shape index (κ1) is 11.1. The first-order valence-electron chi connectivity index (χ1n) is 5.35. The molecule has 0 amide bonds. The molecule has 0 aliphatic carbocycles. The lowest BCUT2D eigenvalue weighted by Crippen LogP contribution is -2.27. The van der Waals surface area contributed by atoms with Crippen LogP contribution in [0.25, 0.3) is 0 Å². The standard InChI is InChI=1S/C12H14FNO2/c13-11-4-2-1-3-10(11)9-5-6-14(7-9)8-12(15)16/h1-4,9H,5-8H2,(H,15,16). The van der Waals surface area contributed by atoms with Crippen LogP contribution < -0.4 is 0 Å². The van der Waals surface area contributed by atoms with Gasteiger partial charge in [-0.2, -0.15) is 0 Å². The fourth-order valence-corrected chi connectivity index (χ4v) is 2.23. The highest BCUT2D eigenvalue weighted by atomic mass is 19.1. The van der Waals surface area contributed by atoms with Gasteiger partial charge in [0.15, 0.2) is 0 Å². The van der Waals surface area contributed by atoms with Crippen LogP contribution in [0.5, 0.6) is 0 Å². The average molecular weight is 223 g/mol. The van der Waals surface area contributed by atoms with E-state index >= 15 is 0 Å². The van der Waals surface area contributed by atoms with E-state index in [-0.39, 0.29) is 18.3 Å². The molecule has 1 atom stereocenters. The summed E-state index contributed by atoms with van der Waals surface area (Å²) in [6.07, 6.45) is 0.828. The molecule has 1 saturated heterocycles. The van der Waals surface area contributed by atoms with Gasteiger partial charge < -0.3 is 5.11 Å². The van der Waals surface area contributed by atoms with Crippen molar-refractivity contribution in [3.63, 3.8) is 0 Å². The summed E-state index contributed by atoms with van der Waals surface area (Å²) >= 11 is 0. The molecule has 0 saturated carbocycles. The van der Waals surface area contributed by atoms with Crippen LogP contribution in [0, 0.1) is 5.82 Å². The third kappa shape index (κ3) is 2.39. The van der Waals surface area contributed by atoms with Crippen molar-refractivity contribution in [2.45, 2.75) is 12.3 Å². The fourth-order valence-electron chi connectivity index (χ4n) is 2.23. The van der Waals surface area contributed by atoms with Gasteiger partial charge >= 0.3 is 5.97 Å². The van der Waals surface area contributed by atoms with Crippen LogP contribution in [0.3, 0.4) is 0 Å². The number of hydrogen-bond acceptors (Lipinski definition) is 2. The average Bonchev–Trinajstić information content (AvgIpc) is 2.66. The maximum atomic E-state index is 13.5. The molecule has 1 aromatic rings. The zero-order chi connectivity index (χ0) is 11.5. The van der Waals surface area contributed by atoms with E-state index in [2.05, 4.69) is 0 Å². The second-order valence-electron chi connectivity index (χ2n) is 4.14. The Morgan fingerprint density at radius 2 is 2.25 bits per heavy atom. The van der Waals surface area contributed by atoms with Crippen molar-refractivity contribution in [1.29, 1.82) is 0 Å². The first-order valence-corrected chi connectivity index (χ1v) is 5.35. The van der Waals surface area contributed by atoms with E-state index in [4.69, 9.17) is 5.11 Å². The topological polar surface area (TPSA) is 40.5 Å². The van der Waals surface area contributed by atoms with Gasteiger partial charge in [0.25, 0.3) is 0 Å². The number of likely N-dealkylation sites (tertiary alicyclic amines) is 1. The lowest BCUT2D eigenvalue weighted by molar-refractivity contribution is -0.138. The molecule has 1 heterocycles. The second-order valence-corrected chi connectivity index (χ2v) is 4.14. The highest BCUT2D eigenvalue weighted by molar-refractivity contribution is 5.69. The number of halogens is 1. The Balaban J connectivity index is 2.04. The summed E-state index contributed by atoms with van der Waals surface area (Å²) in [5.74, 6) is -0.889. The van der Waals surface area contributed by atoms with Crippen molar-refractivity contribution < 1.29 is 14.3 Å². The highest BCUT2D eigenvalue weighted by Crippen LogP contribution is 2.28. The van der Waals surface area contributed by atoms with E-state index in [1.165, 1.54) is 6.07 Å². The van der Waals surface area contributed by atoms with Gasteiger partial charge in [-0.05, 0) is 24.6 Å². The van der Waals surface area contributed by atoms with Crippen molar-refractivity contribution in [2.24, 2.45) is 0 Å². The van der Waals surface area contributed by atoms with Crippen LogP contribution in [0.15, 0.2) is 24.3 Å². The van der Waals surface area contributed by atoms with Crippen molar-refractivity contribution in [3.8, 4) is 0 Å². The Labute approximate surface area is 93.5 Å². The van der Waals surface area contributed by atoms with Crippen LogP contribution in [-0.4, -0.2) is 35.6 Å². The number of carboxylic acid groups (broad SMARTS) is 1. The van der Waals surface area contributed by atoms with Gasteiger partial charge in [0.05, 0.1) is 6.54 Å². The fraction of sp³-hybridized carbons (Fsp3) is 0.417. The van der Waals surface area contributed by atoms with Gasteiger partial charge in [-0.15, -0.1) is 0 Å². The number of carbonyl (C=O) groups is 1. The van der Waals surface area contributed by atoms with Crippen molar-refractivity contribution >= 4 is 5.97 Å². The van der Waals surface area contributed by atoms with E-state index < -0.39 is 5.97 Å². The number of carboxylic acids is 1. The molecule has 0 bridgehead atoms. The smallest absolute Gasteiger partial charge is 0.317 e. The molecule has 0 spiro atoms. The second kappa shape index (κ2) is 4.61. The summed E-state index contributed by atoms with van der Waals surface area (Å²) in [4.78, 5) is 12.4. The highest BCUT2D eigenvalue weighted by Gasteiger charge is 2.26. The summed E-state index contributed by atoms with van der Waals surface area (Å²) in [5, 5.41) is 8.67. The minimum absolute atomic E-state index is 0.0466. The number of benzene rings is 1. The summed E-state index contributed by atoms with van der Waals surface area (Å²) in [7, 11) is 0. The SMILES string of the molecule is O=C(O)CN1CCC(c2ccccc2F)C1. The molecular weight excluding hydrogens is 209 g/mol. The molecule has 1 aliphatic heterocycles. The van der Waals surface area contributed by atoms with Gasteiger partial charge in [0.2, 0.25) is 0 Å². The number of hydrogen-bond donors (Lipinski definition) is 1. The molecule has 3 nitrogen and oxygen atoms in total.